The van der Waals surface area contributed by atoms with E-state index < -0.39 is 30.1 Å². The van der Waals surface area contributed by atoms with Crippen LogP contribution in [-0.2, 0) is 14.3 Å². The first-order valence-corrected chi connectivity index (χ1v) is 8.06. The molecule has 2 aromatic rings. The van der Waals surface area contributed by atoms with Crippen LogP contribution in [0.5, 0.6) is 0 Å². The van der Waals surface area contributed by atoms with Crippen LogP contribution in [0.2, 0.25) is 0 Å². The van der Waals surface area contributed by atoms with E-state index in [4.69, 9.17) is 9.47 Å². The van der Waals surface area contributed by atoms with Crippen molar-refractivity contribution < 1.29 is 29.0 Å². The molecule has 0 saturated carbocycles. The summed E-state index contributed by atoms with van der Waals surface area (Å²) in [6.07, 6.45) is -2.77. The van der Waals surface area contributed by atoms with E-state index in [-0.39, 0.29) is 11.1 Å². The van der Waals surface area contributed by atoms with Crippen molar-refractivity contribution in [2.45, 2.75) is 33.0 Å². The van der Waals surface area contributed by atoms with Crippen LogP contribution in [0.3, 0.4) is 0 Å². The Labute approximate surface area is 151 Å². The largest absolute Gasteiger partial charge is 0.478 e. The maximum Gasteiger partial charge on any atom is 0.348 e. The average molecular weight is 356 g/mol. The highest BCUT2D eigenvalue weighted by Gasteiger charge is 2.32. The van der Waals surface area contributed by atoms with Crippen LogP contribution in [0.25, 0.3) is 0 Å². The molecule has 2 atom stereocenters. The number of aryl methyl sites for hydroxylation is 2. The van der Waals surface area contributed by atoms with Gasteiger partial charge in [0.2, 0.25) is 6.10 Å². The minimum atomic E-state index is -1.61. The zero-order valence-corrected chi connectivity index (χ0v) is 14.8. The van der Waals surface area contributed by atoms with Crippen molar-refractivity contribution in [1.29, 1.82) is 0 Å². The standard InChI is InChI=1S/C20H20O6/c1-12-4-8-15(9-5-12)19(23)25-14(3)17(18(21)22)26-20(24)16-10-6-13(2)7-11-16/h4-11,14,17H,1-3H3,(H,21,22). The summed E-state index contributed by atoms with van der Waals surface area (Å²) in [7, 11) is 0. The molecule has 0 heterocycles. The van der Waals surface area contributed by atoms with Gasteiger partial charge in [-0.25, -0.2) is 14.4 Å². The zero-order chi connectivity index (χ0) is 19.3. The number of esters is 2. The van der Waals surface area contributed by atoms with Crippen molar-refractivity contribution in [2.75, 3.05) is 0 Å². The summed E-state index contributed by atoms with van der Waals surface area (Å²) >= 11 is 0. The van der Waals surface area contributed by atoms with Crippen molar-refractivity contribution in [1.82, 2.24) is 0 Å². The monoisotopic (exact) mass is 356 g/mol. The first-order chi connectivity index (χ1) is 12.3. The summed E-state index contributed by atoms with van der Waals surface area (Å²) in [5.41, 5.74) is 2.44. The van der Waals surface area contributed by atoms with Gasteiger partial charge in [0.1, 0.15) is 6.10 Å². The Morgan fingerprint density at radius 2 is 1.15 bits per heavy atom. The van der Waals surface area contributed by atoms with Gasteiger partial charge in [-0.2, -0.15) is 0 Å². The number of hydrogen-bond acceptors (Lipinski definition) is 5. The third kappa shape index (κ3) is 4.92. The number of hydrogen-bond donors (Lipinski definition) is 1. The molecule has 0 radical (unpaired) electrons. The van der Waals surface area contributed by atoms with E-state index in [2.05, 4.69) is 0 Å². The molecule has 0 aliphatic rings. The molecule has 0 aromatic heterocycles. The van der Waals surface area contributed by atoms with E-state index in [0.717, 1.165) is 11.1 Å². The molecule has 26 heavy (non-hydrogen) atoms. The highest BCUT2D eigenvalue weighted by atomic mass is 16.6. The predicted molar refractivity (Wildman–Crippen MR) is 94.1 cm³/mol. The van der Waals surface area contributed by atoms with Gasteiger partial charge in [-0.15, -0.1) is 0 Å². The van der Waals surface area contributed by atoms with Gasteiger partial charge in [-0.1, -0.05) is 35.4 Å². The Bertz CT molecular complexity index is 792. The molecular weight excluding hydrogens is 336 g/mol. The molecule has 136 valence electrons. The molecule has 0 aliphatic heterocycles. The third-order valence-electron chi connectivity index (χ3n) is 3.77. The highest BCUT2D eigenvalue weighted by Crippen LogP contribution is 2.13. The minimum Gasteiger partial charge on any atom is -0.478 e. The lowest BCUT2D eigenvalue weighted by atomic mass is 10.1. The van der Waals surface area contributed by atoms with Gasteiger partial charge >= 0.3 is 17.9 Å². The topological polar surface area (TPSA) is 89.9 Å². The Morgan fingerprint density at radius 1 is 0.769 bits per heavy atom. The van der Waals surface area contributed by atoms with E-state index in [0.29, 0.717) is 0 Å². The second-order valence-electron chi connectivity index (χ2n) is 6.01. The number of rotatable bonds is 6. The number of aliphatic carboxylic acids is 1. The van der Waals surface area contributed by atoms with Crippen molar-refractivity contribution in [3.05, 3.63) is 70.8 Å². The molecule has 1 N–H and O–H groups in total. The molecule has 2 rings (SSSR count). The molecule has 6 heteroatoms. The quantitative estimate of drug-likeness (QED) is 0.800. The van der Waals surface area contributed by atoms with Gasteiger partial charge in [-0.3, -0.25) is 0 Å². The predicted octanol–water partition coefficient (Wildman–Crippen LogP) is 3.16. The minimum absolute atomic E-state index is 0.221. The molecule has 2 aromatic carbocycles. The van der Waals surface area contributed by atoms with Crippen LogP contribution in [0.4, 0.5) is 0 Å². The summed E-state index contributed by atoms with van der Waals surface area (Å²) in [6, 6.07) is 13.2. The van der Waals surface area contributed by atoms with Gasteiger partial charge < -0.3 is 14.6 Å². The Kier molecular flexibility index (Phi) is 6.11. The summed E-state index contributed by atoms with van der Waals surface area (Å²) in [5, 5.41) is 9.33. The van der Waals surface area contributed by atoms with Crippen LogP contribution >= 0.6 is 0 Å². The van der Waals surface area contributed by atoms with Gasteiger partial charge in [0, 0.05) is 0 Å². The van der Waals surface area contributed by atoms with Crippen LogP contribution in [0.1, 0.15) is 38.8 Å². The normalized spacial score (nSPS) is 12.7. The first-order valence-electron chi connectivity index (χ1n) is 8.06. The van der Waals surface area contributed by atoms with E-state index in [1.54, 1.807) is 48.5 Å². The van der Waals surface area contributed by atoms with E-state index in [1.807, 2.05) is 13.8 Å². The highest BCUT2D eigenvalue weighted by molar-refractivity contribution is 5.92. The number of carboxylic acids is 1. The van der Waals surface area contributed by atoms with Crippen LogP contribution < -0.4 is 0 Å². The fraction of sp³-hybridized carbons (Fsp3) is 0.250. The number of carbonyl (C=O) groups excluding carboxylic acids is 2. The van der Waals surface area contributed by atoms with E-state index in [1.165, 1.54) is 6.92 Å². The molecule has 0 aliphatic carbocycles. The fourth-order valence-corrected chi connectivity index (χ4v) is 2.21. The number of benzene rings is 2. The number of carboxylic acid groups (broad SMARTS) is 1. The van der Waals surface area contributed by atoms with Gasteiger partial charge in [0.15, 0.2) is 0 Å². The molecule has 0 spiro atoms. The molecule has 6 nitrogen and oxygen atoms in total. The maximum absolute atomic E-state index is 12.1. The molecule has 0 amide bonds. The number of ether oxygens (including phenoxy) is 2. The Balaban J connectivity index is 2.06. The van der Waals surface area contributed by atoms with Crippen LogP contribution in [0.15, 0.2) is 48.5 Å². The molecule has 0 fully saturated rings. The Hall–Kier alpha value is -3.15. The number of carbonyl (C=O) groups is 3. The van der Waals surface area contributed by atoms with Gasteiger partial charge in [0.25, 0.3) is 0 Å². The summed E-state index contributed by atoms with van der Waals surface area (Å²) in [6.45, 7) is 5.11. The van der Waals surface area contributed by atoms with Crippen molar-refractivity contribution in [3.63, 3.8) is 0 Å². The smallest absolute Gasteiger partial charge is 0.348 e. The van der Waals surface area contributed by atoms with Crippen LogP contribution in [-0.4, -0.2) is 35.2 Å². The van der Waals surface area contributed by atoms with E-state index in [9.17, 15) is 19.5 Å². The summed E-state index contributed by atoms with van der Waals surface area (Å²) < 4.78 is 10.2. The fourth-order valence-electron chi connectivity index (χ4n) is 2.21. The summed E-state index contributed by atoms with van der Waals surface area (Å²) in [5.74, 6) is -2.87. The lowest BCUT2D eigenvalue weighted by Crippen LogP contribution is -2.39. The van der Waals surface area contributed by atoms with E-state index >= 15 is 0 Å². The van der Waals surface area contributed by atoms with Gasteiger partial charge in [-0.05, 0) is 45.0 Å². The lowest BCUT2D eigenvalue weighted by Gasteiger charge is -2.21. The summed E-state index contributed by atoms with van der Waals surface area (Å²) in [4.78, 5) is 35.7. The SMILES string of the molecule is Cc1ccc(C(=O)OC(C)C(OC(=O)c2ccc(C)cc2)C(=O)O)cc1. The van der Waals surface area contributed by atoms with Crippen molar-refractivity contribution in [2.24, 2.45) is 0 Å². The molecule has 0 saturated heterocycles. The molecule has 2 unspecified atom stereocenters. The Morgan fingerprint density at radius 3 is 1.54 bits per heavy atom. The van der Waals surface area contributed by atoms with Crippen molar-refractivity contribution >= 4 is 17.9 Å². The van der Waals surface area contributed by atoms with Crippen LogP contribution in [0, 0.1) is 13.8 Å². The maximum atomic E-state index is 12.1. The molecular formula is C20H20O6. The molecule has 0 bridgehead atoms. The lowest BCUT2D eigenvalue weighted by molar-refractivity contribution is -0.153. The van der Waals surface area contributed by atoms with Crippen molar-refractivity contribution in [3.8, 4) is 0 Å². The zero-order valence-electron chi connectivity index (χ0n) is 14.8. The average Bonchev–Trinajstić information content (AvgIpc) is 2.60. The first kappa shape index (κ1) is 19.2. The van der Waals surface area contributed by atoms with Gasteiger partial charge in [0.05, 0.1) is 11.1 Å². The third-order valence-corrected chi connectivity index (χ3v) is 3.77. The second kappa shape index (κ2) is 8.29. The second-order valence-corrected chi connectivity index (χ2v) is 6.01.